The molecule has 0 unspecified atom stereocenters. The molecule has 0 aliphatic heterocycles. The lowest BCUT2D eigenvalue weighted by Gasteiger charge is -2.08. The molecule has 4 nitrogen and oxygen atoms in total. The highest BCUT2D eigenvalue weighted by Gasteiger charge is 2.16. The fourth-order valence-corrected chi connectivity index (χ4v) is 2.53. The van der Waals surface area contributed by atoms with Gasteiger partial charge < -0.3 is 5.32 Å². The van der Waals surface area contributed by atoms with Crippen LogP contribution < -0.4 is 5.32 Å². The van der Waals surface area contributed by atoms with E-state index in [1.165, 1.54) is 6.26 Å². The van der Waals surface area contributed by atoms with E-state index in [2.05, 4.69) is 10.3 Å². The lowest BCUT2D eigenvalue weighted by Crippen LogP contribution is -2.14. The highest BCUT2D eigenvalue weighted by atomic mass is 35.5. The smallest absolute Gasteiger partial charge is 0.258 e. The predicted octanol–water partition coefficient (Wildman–Crippen LogP) is 3.52. The third-order valence-corrected chi connectivity index (χ3v) is 4.03. The number of halogens is 3. The van der Waals surface area contributed by atoms with Crippen molar-refractivity contribution in [2.24, 2.45) is 0 Å². The van der Waals surface area contributed by atoms with Crippen LogP contribution in [0.4, 0.5) is 10.1 Å². The van der Waals surface area contributed by atoms with E-state index in [1.54, 1.807) is 24.3 Å². The third-order valence-electron chi connectivity index (χ3n) is 2.56. The van der Waals surface area contributed by atoms with Crippen LogP contribution in [0, 0.1) is 5.82 Å². The van der Waals surface area contributed by atoms with E-state index in [4.69, 9.17) is 23.2 Å². The van der Waals surface area contributed by atoms with Crippen molar-refractivity contribution in [1.82, 2.24) is 4.98 Å². The molecule has 0 aliphatic rings. The maximum atomic E-state index is 13.4. The fourth-order valence-electron chi connectivity index (χ4n) is 1.56. The SMILES string of the molecule is C[S@@](=O)c1cccc(NC(=O)c2cc(F)c(Cl)nc2Cl)c1. The Morgan fingerprint density at radius 2 is 2.00 bits per heavy atom. The molecule has 1 aromatic carbocycles. The molecule has 0 bridgehead atoms. The highest BCUT2D eigenvalue weighted by molar-refractivity contribution is 7.84. The summed E-state index contributed by atoms with van der Waals surface area (Å²) >= 11 is 11.2. The number of hydrogen-bond acceptors (Lipinski definition) is 3. The lowest BCUT2D eigenvalue weighted by atomic mass is 10.2. The number of benzene rings is 1. The van der Waals surface area contributed by atoms with Crippen molar-refractivity contribution in [3.05, 3.63) is 52.0 Å². The summed E-state index contributed by atoms with van der Waals surface area (Å²) in [6.45, 7) is 0. The van der Waals surface area contributed by atoms with Gasteiger partial charge in [-0.05, 0) is 24.3 Å². The zero-order chi connectivity index (χ0) is 15.6. The molecule has 21 heavy (non-hydrogen) atoms. The molecule has 0 aliphatic carbocycles. The Kier molecular flexibility index (Phi) is 4.92. The minimum absolute atomic E-state index is 0.137. The van der Waals surface area contributed by atoms with Gasteiger partial charge in [0.05, 0.1) is 5.56 Å². The number of rotatable bonds is 3. The minimum Gasteiger partial charge on any atom is -0.322 e. The van der Waals surface area contributed by atoms with E-state index in [0.29, 0.717) is 10.6 Å². The van der Waals surface area contributed by atoms with Crippen LogP contribution in [0.2, 0.25) is 10.3 Å². The second kappa shape index (κ2) is 6.51. The van der Waals surface area contributed by atoms with Gasteiger partial charge in [-0.25, -0.2) is 9.37 Å². The second-order valence-electron chi connectivity index (χ2n) is 4.04. The number of carbonyl (C=O) groups excluding carboxylic acids is 1. The van der Waals surface area contributed by atoms with Crippen LogP contribution >= 0.6 is 23.2 Å². The summed E-state index contributed by atoms with van der Waals surface area (Å²) in [6, 6.07) is 7.40. The average molecular weight is 347 g/mol. The molecule has 1 atom stereocenters. The summed E-state index contributed by atoms with van der Waals surface area (Å²) in [4.78, 5) is 16.1. The maximum Gasteiger partial charge on any atom is 0.258 e. The highest BCUT2D eigenvalue weighted by Crippen LogP contribution is 2.22. The van der Waals surface area contributed by atoms with Crippen molar-refractivity contribution in [3.8, 4) is 0 Å². The summed E-state index contributed by atoms with van der Waals surface area (Å²) in [7, 11) is -1.18. The van der Waals surface area contributed by atoms with Gasteiger partial charge in [0, 0.05) is 27.6 Å². The summed E-state index contributed by atoms with van der Waals surface area (Å²) in [5.74, 6) is -1.48. The van der Waals surface area contributed by atoms with Gasteiger partial charge in [-0.1, -0.05) is 29.3 Å². The Balaban J connectivity index is 2.28. The Bertz CT molecular complexity index is 740. The second-order valence-corrected chi connectivity index (χ2v) is 6.13. The van der Waals surface area contributed by atoms with Crippen molar-refractivity contribution >= 4 is 45.6 Å². The molecular weight excluding hydrogens is 338 g/mol. The van der Waals surface area contributed by atoms with Gasteiger partial charge in [-0.15, -0.1) is 0 Å². The number of hydrogen-bond donors (Lipinski definition) is 1. The van der Waals surface area contributed by atoms with E-state index in [9.17, 15) is 13.4 Å². The van der Waals surface area contributed by atoms with Gasteiger partial charge in [0.25, 0.3) is 5.91 Å². The first kappa shape index (κ1) is 15.9. The third kappa shape index (κ3) is 3.78. The lowest BCUT2D eigenvalue weighted by molar-refractivity contribution is 0.102. The van der Waals surface area contributed by atoms with Gasteiger partial charge in [-0.3, -0.25) is 9.00 Å². The Hall–Kier alpha value is -1.50. The molecule has 0 saturated heterocycles. The summed E-state index contributed by atoms with van der Waals surface area (Å²) < 4.78 is 24.7. The molecule has 1 amide bonds. The van der Waals surface area contributed by atoms with Gasteiger partial charge in [0.1, 0.15) is 5.15 Å². The number of aromatic nitrogens is 1. The standard InChI is InChI=1S/C13H9Cl2FN2O2S/c1-21(20)8-4-2-3-7(5-8)17-13(19)9-6-10(16)12(15)18-11(9)14/h2-6H,1H3,(H,17,19)/t21-/m1/s1. The van der Waals surface area contributed by atoms with Crippen molar-refractivity contribution < 1.29 is 13.4 Å². The molecule has 1 N–H and O–H groups in total. The van der Waals surface area contributed by atoms with Crippen molar-refractivity contribution in [2.45, 2.75) is 4.90 Å². The zero-order valence-corrected chi connectivity index (χ0v) is 13.0. The Labute approximate surface area is 132 Å². The molecular formula is C13H9Cl2FN2O2S. The van der Waals surface area contributed by atoms with Crippen molar-refractivity contribution in [1.29, 1.82) is 0 Å². The first-order valence-electron chi connectivity index (χ1n) is 5.65. The van der Waals surface area contributed by atoms with Gasteiger partial charge in [0.15, 0.2) is 11.0 Å². The summed E-state index contributed by atoms with van der Waals surface area (Å²) in [6.07, 6.45) is 1.52. The normalized spacial score (nSPS) is 12.0. The number of anilines is 1. The number of nitrogens with one attached hydrogen (secondary N) is 1. The van der Waals surface area contributed by atoms with Crippen molar-refractivity contribution in [3.63, 3.8) is 0 Å². The maximum absolute atomic E-state index is 13.4. The number of pyridine rings is 1. The first-order chi connectivity index (χ1) is 9.88. The largest absolute Gasteiger partial charge is 0.322 e. The monoisotopic (exact) mass is 346 g/mol. The van der Waals surface area contributed by atoms with E-state index in [0.717, 1.165) is 6.07 Å². The van der Waals surface area contributed by atoms with Crippen LogP contribution in [0.3, 0.4) is 0 Å². The fraction of sp³-hybridized carbons (Fsp3) is 0.0769. The number of amides is 1. The molecule has 0 spiro atoms. The first-order valence-corrected chi connectivity index (χ1v) is 7.96. The topological polar surface area (TPSA) is 59.1 Å². The van der Waals surface area contributed by atoms with E-state index in [-0.39, 0.29) is 10.7 Å². The summed E-state index contributed by atoms with van der Waals surface area (Å²) in [5, 5.41) is 1.93. The molecule has 8 heteroatoms. The van der Waals surface area contributed by atoms with Crippen LogP contribution in [0.1, 0.15) is 10.4 Å². The van der Waals surface area contributed by atoms with Crippen molar-refractivity contribution in [2.75, 3.05) is 11.6 Å². The van der Waals surface area contributed by atoms with E-state index in [1.807, 2.05) is 0 Å². The molecule has 1 heterocycles. The quantitative estimate of drug-likeness (QED) is 0.865. The number of carbonyl (C=O) groups is 1. The van der Waals surface area contributed by atoms with Crippen LogP contribution in [0.15, 0.2) is 35.2 Å². The molecule has 2 aromatic rings. The molecule has 110 valence electrons. The van der Waals surface area contributed by atoms with Crippen LogP contribution in [-0.2, 0) is 10.8 Å². The summed E-state index contributed by atoms with van der Waals surface area (Å²) in [5.41, 5.74) is 0.278. The average Bonchev–Trinajstić information content (AvgIpc) is 2.43. The van der Waals surface area contributed by atoms with Gasteiger partial charge >= 0.3 is 0 Å². The molecule has 0 saturated carbocycles. The van der Waals surface area contributed by atoms with E-state index >= 15 is 0 Å². The Morgan fingerprint density at radius 3 is 2.67 bits per heavy atom. The molecule has 0 radical (unpaired) electrons. The number of nitrogens with zero attached hydrogens (tertiary/aromatic N) is 1. The van der Waals surface area contributed by atoms with Gasteiger partial charge in [0.2, 0.25) is 0 Å². The minimum atomic E-state index is -1.18. The van der Waals surface area contributed by atoms with E-state index < -0.39 is 27.7 Å². The van der Waals surface area contributed by atoms with Crippen LogP contribution in [0.5, 0.6) is 0 Å². The van der Waals surface area contributed by atoms with Crippen LogP contribution in [-0.4, -0.2) is 21.4 Å². The van der Waals surface area contributed by atoms with Gasteiger partial charge in [-0.2, -0.15) is 0 Å². The van der Waals surface area contributed by atoms with Crippen LogP contribution in [0.25, 0.3) is 0 Å². The molecule has 1 aromatic heterocycles. The molecule has 0 fully saturated rings. The molecule has 2 rings (SSSR count). The predicted molar refractivity (Wildman–Crippen MR) is 80.9 cm³/mol. The zero-order valence-electron chi connectivity index (χ0n) is 10.7. The Morgan fingerprint density at radius 1 is 1.29 bits per heavy atom.